The molecule has 0 spiro atoms. The second-order valence-corrected chi connectivity index (χ2v) is 5.30. The van der Waals surface area contributed by atoms with E-state index in [4.69, 9.17) is 27.9 Å². The zero-order chi connectivity index (χ0) is 13.4. The van der Waals surface area contributed by atoms with E-state index in [1.165, 1.54) is 0 Å². The molecule has 0 atom stereocenters. The smallest absolute Gasteiger partial charge is 0.292 e. The SMILES string of the molecule is Cc1cccc2c1OC[N+](c1ccc(Cl)cc1Cl)=C2. The lowest BCUT2D eigenvalue weighted by atomic mass is 10.1. The number of fused-ring (bicyclic) bond motifs is 1. The fraction of sp³-hybridized carbons (Fsp3) is 0.133. The first kappa shape index (κ1) is 12.5. The summed E-state index contributed by atoms with van der Waals surface area (Å²) < 4.78 is 7.78. The predicted molar refractivity (Wildman–Crippen MR) is 78.2 cm³/mol. The summed E-state index contributed by atoms with van der Waals surface area (Å²) in [5, 5.41) is 1.24. The molecule has 1 aliphatic rings. The Morgan fingerprint density at radius 3 is 2.79 bits per heavy atom. The van der Waals surface area contributed by atoms with Gasteiger partial charge in [0.05, 0.1) is 5.56 Å². The number of hydrogen-bond acceptors (Lipinski definition) is 1. The average Bonchev–Trinajstić information content (AvgIpc) is 2.38. The number of ether oxygens (including phenoxy) is 1. The number of halogens is 2. The van der Waals surface area contributed by atoms with Crippen LogP contribution in [0.2, 0.25) is 10.0 Å². The Hall–Kier alpha value is -1.51. The molecule has 0 aliphatic carbocycles. The van der Waals surface area contributed by atoms with Gasteiger partial charge in [0.15, 0.2) is 6.21 Å². The Balaban J connectivity index is 2.08. The van der Waals surface area contributed by atoms with E-state index in [2.05, 4.69) is 0 Å². The first-order valence-electron chi connectivity index (χ1n) is 5.94. The molecule has 0 aromatic heterocycles. The third kappa shape index (κ3) is 2.34. The molecular formula is C15H12Cl2NO+. The molecule has 3 rings (SSSR count). The number of nitrogens with zero attached hydrogens (tertiary/aromatic N) is 1. The van der Waals surface area contributed by atoms with Gasteiger partial charge in [-0.1, -0.05) is 35.3 Å². The van der Waals surface area contributed by atoms with Gasteiger partial charge in [0.2, 0.25) is 5.69 Å². The van der Waals surface area contributed by atoms with Crippen LogP contribution < -0.4 is 4.74 Å². The van der Waals surface area contributed by atoms with Crippen molar-refractivity contribution in [2.75, 3.05) is 6.73 Å². The van der Waals surface area contributed by atoms with E-state index < -0.39 is 0 Å². The van der Waals surface area contributed by atoms with Crippen LogP contribution in [0.1, 0.15) is 11.1 Å². The summed E-state index contributed by atoms with van der Waals surface area (Å²) >= 11 is 12.1. The summed E-state index contributed by atoms with van der Waals surface area (Å²) in [7, 11) is 0. The van der Waals surface area contributed by atoms with Gasteiger partial charge in [0.25, 0.3) is 6.73 Å². The zero-order valence-corrected chi connectivity index (χ0v) is 11.9. The molecule has 0 amide bonds. The fourth-order valence-corrected chi connectivity index (χ4v) is 2.68. The van der Waals surface area contributed by atoms with Crippen LogP contribution in [0.5, 0.6) is 5.75 Å². The molecule has 1 aliphatic heterocycles. The summed E-state index contributed by atoms with van der Waals surface area (Å²) in [5.74, 6) is 0.934. The number of hydrogen-bond donors (Lipinski definition) is 0. The zero-order valence-electron chi connectivity index (χ0n) is 10.4. The molecule has 0 saturated carbocycles. The molecule has 19 heavy (non-hydrogen) atoms. The highest BCUT2D eigenvalue weighted by molar-refractivity contribution is 6.36. The van der Waals surface area contributed by atoms with E-state index in [1.807, 2.05) is 48.0 Å². The predicted octanol–water partition coefficient (Wildman–Crippen LogP) is 4.41. The van der Waals surface area contributed by atoms with Crippen molar-refractivity contribution in [1.82, 2.24) is 0 Å². The van der Waals surface area contributed by atoms with E-state index in [0.29, 0.717) is 16.8 Å². The van der Waals surface area contributed by atoms with Gasteiger partial charge in [0, 0.05) is 11.1 Å². The van der Waals surface area contributed by atoms with Gasteiger partial charge in [0.1, 0.15) is 10.8 Å². The summed E-state index contributed by atoms with van der Waals surface area (Å²) in [4.78, 5) is 0. The lowest BCUT2D eigenvalue weighted by Crippen LogP contribution is -2.21. The van der Waals surface area contributed by atoms with Crippen LogP contribution in [0.25, 0.3) is 0 Å². The van der Waals surface area contributed by atoms with Crippen molar-refractivity contribution in [3.05, 3.63) is 57.6 Å². The van der Waals surface area contributed by atoms with Gasteiger partial charge < -0.3 is 4.74 Å². The monoisotopic (exact) mass is 292 g/mol. The highest BCUT2D eigenvalue weighted by Gasteiger charge is 2.22. The minimum Gasteiger partial charge on any atom is -0.435 e. The minimum atomic E-state index is 0.444. The lowest BCUT2D eigenvalue weighted by Gasteiger charge is -2.15. The molecule has 4 heteroatoms. The van der Waals surface area contributed by atoms with Gasteiger partial charge >= 0.3 is 0 Å². The number of aryl methyl sites for hydroxylation is 1. The second kappa shape index (κ2) is 4.87. The van der Waals surface area contributed by atoms with E-state index >= 15 is 0 Å². The topological polar surface area (TPSA) is 12.2 Å². The standard InChI is InChI=1S/C15H12Cl2NO/c1-10-3-2-4-11-8-18(9-19-15(10)11)14-6-5-12(16)7-13(14)17/h2-8H,9H2,1H3/q+1. The van der Waals surface area contributed by atoms with Gasteiger partial charge in [-0.2, -0.15) is 4.58 Å². The summed E-state index contributed by atoms with van der Waals surface area (Å²) in [6.07, 6.45) is 2.04. The molecule has 1 heterocycles. The molecule has 2 aromatic carbocycles. The molecule has 2 aromatic rings. The van der Waals surface area contributed by atoms with Crippen molar-refractivity contribution in [1.29, 1.82) is 0 Å². The normalized spacial score (nSPS) is 13.5. The highest BCUT2D eigenvalue weighted by Crippen LogP contribution is 2.31. The maximum atomic E-state index is 6.22. The largest absolute Gasteiger partial charge is 0.435 e. The second-order valence-electron chi connectivity index (χ2n) is 4.46. The maximum absolute atomic E-state index is 6.22. The van der Waals surface area contributed by atoms with Crippen LogP contribution in [-0.4, -0.2) is 17.5 Å². The Morgan fingerprint density at radius 2 is 2.00 bits per heavy atom. The Bertz CT molecular complexity index is 680. The molecule has 0 fully saturated rings. The van der Waals surface area contributed by atoms with Crippen LogP contribution in [0.3, 0.4) is 0 Å². The Kier molecular flexibility index (Phi) is 3.21. The molecule has 0 N–H and O–H groups in total. The van der Waals surface area contributed by atoms with Crippen molar-refractivity contribution in [2.24, 2.45) is 0 Å². The summed E-state index contributed by atoms with van der Waals surface area (Å²) in [5.41, 5.74) is 3.08. The first-order valence-corrected chi connectivity index (χ1v) is 6.70. The molecule has 0 radical (unpaired) electrons. The summed E-state index contributed by atoms with van der Waals surface area (Å²) in [6.45, 7) is 2.48. The van der Waals surface area contributed by atoms with Crippen LogP contribution >= 0.6 is 23.2 Å². The van der Waals surface area contributed by atoms with Gasteiger partial charge in [-0.15, -0.1) is 0 Å². The number of para-hydroxylation sites is 1. The lowest BCUT2D eigenvalue weighted by molar-refractivity contribution is -0.476. The minimum absolute atomic E-state index is 0.444. The molecule has 0 saturated heterocycles. The van der Waals surface area contributed by atoms with Crippen molar-refractivity contribution < 1.29 is 9.31 Å². The number of rotatable bonds is 1. The summed E-state index contributed by atoms with van der Waals surface area (Å²) in [6, 6.07) is 11.5. The molecule has 0 bridgehead atoms. The van der Waals surface area contributed by atoms with Crippen molar-refractivity contribution >= 4 is 35.1 Å². The Labute approximate surface area is 121 Å². The van der Waals surface area contributed by atoms with E-state index in [1.54, 1.807) is 6.07 Å². The average molecular weight is 293 g/mol. The van der Waals surface area contributed by atoms with Gasteiger partial charge in [-0.25, -0.2) is 0 Å². The highest BCUT2D eigenvalue weighted by atomic mass is 35.5. The molecular weight excluding hydrogens is 281 g/mol. The molecule has 0 unspecified atom stereocenters. The van der Waals surface area contributed by atoms with Gasteiger partial charge in [-0.3, -0.25) is 0 Å². The van der Waals surface area contributed by atoms with Crippen LogP contribution in [0.15, 0.2) is 36.4 Å². The van der Waals surface area contributed by atoms with Gasteiger partial charge in [-0.05, 0) is 30.7 Å². The van der Waals surface area contributed by atoms with Crippen LogP contribution in [0.4, 0.5) is 5.69 Å². The van der Waals surface area contributed by atoms with Crippen molar-refractivity contribution in [3.8, 4) is 5.75 Å². The van der Waals surface area contributed by atoms with E-state index in [9.17, 15) is 0 Å². The first-order chi connectivity index (χ1) is 9.15. The third-order valence-electron chi connectivity index (χ3n) is 3.10. The maximum Gasteiger partial charge on any atom is 0.292 e. The molecule has 2 nitrogen and oxygen atoms in total. The fourth-order valence-electron chi connectivity index (χ4n) is 2.17. The van der Waals surface area contributed by atoms with Crippen LogP contribution in [0, 0.1) is 6.92 Å². The third-order valence-corrected chi connectivity index (χ3v) is 3.64. The van der Waals surface area contributed by atoms with E-state index in [-0.39, 0.29) is 0 Å². The van der Waals surface area contributed by atoms with E-state index in [0.717, 1.165) is 22.6 Å². The van der Waals surface area contributed by atoms with Crippen LogP contribution in [-0.2, 0) is 0 Å². The van der Waals surface area contributed by atoms with Crippen molar-refractivity contribution in [2.45, 2.75) is 6.92 Å². The van der Waals surface area contributed by atoms with Crippen molar-refractivity contribution in [3.63, 3.8) is 0 Å². The molecule has 96 valence electrons. The quantitative estimate of drug-likeness (QED) is 0.709. The Morgan fingerprint density at radius 1 is 1.16 bits per heavy atom. The number of benzene rings is 2.